The molecule has 0 heterocycles. The maximum atomic E-state index is 11.3. The van der Waals surface area contributed by atoms with Crippen molar-refractivity contribution in [1.82, 2.24) is 5.32 Å². The quantitative estimate of drug-likeness (QED) is 0.395. The molecule has 0 rings (SSSR count). The molecule has 0 aromatic rings. The Bertz CT molecular complexity index is 237. The highest BCUT2D eigenvalue weighted by molar-refractivity contribution is 5.87. The van der Waals surface area contributed by atoms with Gasteiger partial charge in [-0.15, -0.1) is 0 Å². The second-order valence-corrected chi connectivity index (χ2v) is 3.29. The molecule has 0 saturated heterocycles. The summed E-state index contributed by atoms with van der Waals surface area (Å²) in [6, 6.07) is 0. The number of Topliss-reactive ketones (excluding diaryl/α,β-unsaturated/α-hetero) is 1. The summed E-state index contributed by atoms with van der Waals surface area (Å²) < 4.78 is 14.7. The number of nitrogens with one attached hydrogen (secondary N) is 1. The van der Waals surface area contributed by atoms with Gasteiger partial charge >= 0.3 is 0 Å². The van der Waals surface area contributed by atoms with Gasteiger partial charge in [0.15, 0.2) is 5.78 Å². The van der Waals surface area contributed by atoms with Gasteiger partial charge < -0.3 is 5.32 Å². The van der Waals surface area contributed by atoms with Crippen LogP contribution in [-0.2, 0) is 9.59 Å². The molecule has 0 aromatic carbocycles. The Hall–Kier alpha value is -0.860. The van der Waals surface area contributed by atoms with E-state index in [9.17, 15) is 9.59 Å². The molecule has 3 heteroatoms. The van der Waals surface area contributed by atoms with Crippen molar-refractivity contribution in [1.29, 1.82) is 0 Å². The molecule has 0 aliphatic rings. The maximum Gasteiger partial charge on any atom is 0.222 e. The monoisotopic (exact) mass is 177 g/mol. The highest BCUT2D eigenvalue weighted by atomic mass is 18.1. The lowest BCUT2D eigenvalue weighted by atomic mass is 10.1. The zero-order chi connectivity index (χ0) is 11.5. The Balaban J connectivity index is 4.49. The average Bonchev–Trinajstić information content (AvgIpc) is 2.01. The van der Waals surface area contributed by atoms with Crippen LogP contribution in [0.3, 0.4) is 0 Å². The van der Waals surface area contributed by atoms with E-state index < -0.39 is 24.1 Å². The van der Waals surface area contributed by atoms with Crippen molar-refractivity contribution in [2.45, 2.75) is 27.7 Å². The summed E-state index contributed by atoms with van der Waals surface area (Å²) in [7, 11) is 0. The Labute approximate surface area is 76.3 Å². The van der Waals surface area contributed by atoms with Crippen LogP contribution in [0, 0.1) is 11.8 Å². The summed E-state index contributed by atoms with van der Waals surface area (Å²) in [5, 5.41) is 2.08. The Morgan fingerprint density at radius 3 is 2.25 bits per heavy atom. The number of carbonyl (C=O) groups is 2. The van der Waals surface area contributed by atoms with Crippen molar-refractivity contribution in [3.05, 3.63) is 0 Å². The molecule has 0 bridgehead atoms. The highest BCUT2D eigenvalue weighted by Crippen LogP contribution is 1.94. The fourth-order valence-electron chi connectivity index (χ4n) is 0.412. The fraction of sp³-hybridized carbons (Fsp3) is 0.778. The number of hydrogen-bond donors (Lipinski definition) is 1. The van der Waals surface area contributed by atoms with Crippen LogP contribution in [0.15, 0.2) is 0 Å². The predicted molar refractivity (Wildman–Crippen MR) is 47.7 cm³/mol. The first-order valence-electron chi connectivity index (χ1n) is 5.04. The summed E-state index contributed by atoms with van der Waals surface area (Å²) >= 11 is 0. The number of ketones is 1. The minimum atomic E-state index is -2.25. The van der Waals surface area contributed by atoms with Crippen molar-refractivity contribution < 1.29 is 12.3 Å². The van der Waals surface area contributed by atoms with Gasteiger partial charge in [0.05, 0.1) is 9.24 Å². The number of carbonyl (C=O) groups excluding carboxylic acids is 2. The average molecular weight is 177 g/mol. The van der Waals surface area contributed by atoms with E-state index in [1.807, 2.05) is 0 Å². The van der Waals surface area contributed by atoms with E-state index in [1.54, 1.807) is 27.7 Å². The van der Waals surface area contributed by atoms with Gasteiger partial charge in [0, 0.05) is 11.8 Å². The fourth-order valence-corrected chi connectivity index (χ4v) is 0.412. The Kier molecular flexibility index (Phi) is 3.18. The zero-order valence-corrected chi connectivity index (χ0v) is 7.97. The predicted octanol–water partition coefficient (Wildman–Crippen LogP) is 0.984. The van der Waals surface area contributed by atoms with Gasteiger partial charge in [-0.1, -0.05) is 27.7 Å². The molecule has 1 N–H and O–H groups in total. The third-order valence-corrected chi connectivity index (χ3v) is 1.36. The van der Waals surface area contributed by atoms with Crippen molar-refractivity contribution in [3.63, 3.8) is 0 Å². The van der Waals surface area contributed by atoms with Gasteiger partial charge in [-0.05, 0) is 0 Å². The molecule has 0 aliphatic heterocycles. The second-order valence-electron chi connectivity index (χ2n) is 3.29. The van der Waals surface area contributed by atoms with Crippen LogP contribution in [0.5, 0.6) is 0 Å². The topological polar surface area (TPSA) is 46.2 Å². The lowest BCUT2D eigenvalue weighted by Crippen LogP contribution is -2.34. The van der Waals surface area contributed by atoms with Crippen LogP contribution >= 0.6 is 0 Å². The molecule has 0 aliphatic carbocycles. The van der Waals surface area contributed by atoms with Gasteiger partial charge in [-0.25, -0.2) is 0 Å². The van der Waals surface area contributed by atoms with E-state index >= 15 is 0 Å². The van der Waals surface area contributed by atoms with Gasteiger partial charge in [-0.2, -0.15) is 0 Å². The Morgan fingerprint density at radius 1 is 1.42 bits per heavy atom. The van der Waals surface area contributed by atoms with Crippen molar-refractivity contribution in [3.8, 4) is 0 Å². The molecular weight excluding hydrogens is 158 g/mol. The van der Waals surface area contributed by atoms with Crippen LogP contribution in [-0.4, -0.2) is 18.2 Å². The van der Waals surface area contributed by atoms with Crippen LogP contribution in [0.25, 0.3) is 0 Å². The lowest BCUT2D eigenvalue weighted by Gasteiger charge is -2.07. The molecule has 0 saturated carbocycles. The first kappa shape index (κ1) is 7.77. The summed E-state index contributed by atoms with van der Waals surface area (Å²) in [5.41, 5.74) is 0. The third-order valence-electron chi connectivity index (χ3n) is 1.36. The van der Waals surface area contributed by atoms with E-state index in [0.29, 0.717) is 0 Å². The van der Waals surface area contributed by atoms with Crippen LogP contribution < -0.4 is 5.32 Å². The SMILES string of the molecule is [2H]C([2H])([15NH][13C](=[18O])C(C)C)C(=O)C(C)C. The van der Waals surface area contributed by atoms with Crippen molar-refractivity contribution in [2.24, 2.45) is 11.8 Å². The molecule has 0 unspecified atom stereocenters. The van der Waals surface area contributed by atoms with Crippen LogP contribution in [0.4, 0.5) is 0 Å². The normalized spacial score (nSPS) is 14.2. The standard InChI is InChI=1S/C9H17NO2/c1-6(2)8(11)5-10-9(12)7(3)4/h6-7H,5H2,1-4H3,(H,10,12)/i5D2,9+1,10+1,12+2. The number of amides is 1. The van der Waals surface area contributed by atoms with Gasteiger partial charge in [0.2, 0.25) is 5.91 Å². The van der Waals surface area contributed by atoms with E-state index in [1.165, 1.54) is 0 Å². The van der Waals surface area contributed by atoms with Crippen molar-refractivity contribution >= 4 is 11.7 Å². The highest BCUT2D eigenvalue weighted by Gasteiger charge is 2.10. The van der Waals surface area contributed by atoms with Crippen LogP contribution in [0.2, 0.25) is 0 Å². The van der Waals surface area contributed by atoms with Crippen LogP contribution in [0.1, 0.15) is 30.4 Å². The molecule has 0 radical (unpaired) electrons. The minimum Gasteiger partial charge on any atom is -0.349 e. The first-order valence-corrected chi connectivity index (χ1v) is 4.04. The molecule has 0 atom stereocenters. The van der Waals surface area contributed by atoms with Crippen molar-refractivity contribution in [2.75, 3.05) is 6.50 Å². The summed E-state index contributed by atoms with van der Waals surface area (Å²) in [4.78, 5) is 22.5. The molecule has 3 nitrogen and oxygen atoms in total. The number of rotatable bonds is 4. The molecule has 1 amide bonds. The molecule has 12 heavy (non-hydrogen) atoms. The van der Waals surface area contributed by atoms with Gasteiger partial charge in [-0.3, -0.25) is 9.59 Å². The lowest BCUT2D eigenvalue weighted by molar-refractivity contribution is -0.128. The van der Waals surface area contributed by atoms with E-state index in [4.69, 9.17) is 2.74 Å². The van der Waals surface area contributed by atoms with Gasteiger partial charge in [0.25, 0.3) is 0 Å². The summed E-state index contributed by atoms with van der Waals surface area (Å²) in [6.07, 6.45) is 0. The zero-order valence-electron chi connectivity index (χ0n) is 9.97. The van der Waals surface area contributed by atoms with E-state index in [-0.39, 0.29) is 5.92 Å². The smallest absolute Gasteiger partial charge is 0.222 e. The van der Waals surface area contributed by atoms with E-state index in [2.05, 4.69) is 5.32 Å². The molecular formula is C9H17NO2. The summed E-state index contributed by atoms with van der Waals surface area (Å²) in [6.45, 7) is 4.23. The maximum absolute atomic E-state index is 11.3. The first-order chi connectivity index (χ1) is 6.18. The largest absolute Gasteiger partial charge is 0.349 e. The second kappa shape index (κ2) is 4.91. The minimum absolute atomic E-state index is 0.329. The molecule has 70 valence electrons. The molecule has 0 aromatic heterocycles. The van der Waals surface area contributed by atoms with Gasteiger partial charge in [0.1, 0.15) is 0 Å². The summed E-state index contributed by atoms with van der Waals surface area (Å²) in [5.74, 6) is -1.82. The molecule has 0 fully saturated rings. The number of hydrogen-bond acceptors (Lipinski definition) is 2. The Morgan fingerprint density at radius 2 is 1.92 bits per heavy atom. The van der Waals surface area contributed by atoms with E-state index in [0.717, 1.165) is 0 Å². The molecule has 0 spiro atoms. The third kappa shape index (κ3) is 4.11.